The standard InChI is InChI=1S/C21H17FN8/c1-13(14-2-4-18(22)5-3-14)30-12-17(11-25-30)19-8-16(10-24-27-19)15-6-7-29-20(9-15)26-21(23)28-29/h2-13H,1H3,(H2,23,28)/t13-/m1/s1. The third-order valence-corrected chi connectivity index (χ3v) is 4.99. The van der Waals surface area contributed by atoms with E-state index < -0.39 is 0 Å². The molecule has 0 saturated carbocycles. The maximum atomic E-state index is 13.2. The summed E-state index contributed by atoms with van der Waals surface area (Å²) < 4.78 is 16.6. The first-order chi connectivity index (χ1) is 14.6. The molecule has 4 heterocycles. The van der Waals surface area contributed by atoms with E-state index in [1.807, 2.05) is 36.0 Å². The van der Waals surface area contributed by atoms with Crippen molar-refractivity contribution in [1.82, 2.24) is 34.6 Å². The number of nitrogen functional groups attached to an aromatic ring is 1. The Labute approximate surface area is 170 Å². The molecule has 148 valence electrons. The van der Waals surface area contributed by atoms with E-state index in [0.29, 0.717) is 11.3 Å². The summed E-state index contributed by atoms with van der Waals surface area (Å²) >= 11 is 0. The number of fused-ring (bicyclic) bond motifs is 1. The molecule has 0 aliphatic heterocycles. The lowest BCUT2D eigenvalue weighted by Crippen LogP contribution is -2.06. The van der Waals surface area contributed by atoms with Gasteiger partial charge < -0.3 is 5.73 Å². The number of halogens is 1. The molecular formula is C21H17FN8. The van der Waals surface area contributed by atoms with Gasteiger partial charge in [-0.2, -0.15) is 20.3 Å². The quantitative estimate of drug-likeness (QED) is 0.496. The van der Waals surface area contributed by atoms with Gasteiger partial charge in [0.25, 0.3) is 0 Å². The highest BCUT2D eigenvalue weighted by Gasteiger charge is 2.12. The summed E-state index contributed by atoms with van der Waals surface area (Å²) in [6, 6.07) is 12.1. The van der Waals surface area contributed by atoms with Crippen LogP contribution in [0.4, 0.5) is 10.3 Å². The van der Waals surface area contributed by atoms with E-state index in [9.17, 15) is 4.39 Å². The van der Waals surface area contributed by atoms with Gasteiger partial charge in [0.1, 0.15) is 5.82 Å². The van der Waals surface area contributed by atoms with E-state index in [1.54, 1.807) is 35.2 Å². The summed E-state index contributed by atoms with van der Waals surface area (Å²) in [4.78, 5) is 4.19. The van der Waals surface area contributed by atoms with Crippen LogP contribution in [0.25, 0.3) is 28.0 Å². The van der Waals surface area contributed by atoms with Gasteiger partial charge >= 0.3 is 0 Å². The molecule has 1 atom stereocenters. The topological polar surface area (TPSA) is 99.8 Å². The monoisotopic (exact) mass is 400 g/mol. The molecule has 0 bridgehead atoms. The molecule has 0 aliphatic carbocycles. The average molecular weight is 400 g/mol. The van der Waals surface area contributed by atoms with Gasteiger partial charge in [-0.15, -0.1) is 5.10 Å². The van der Waals surface area contributed by atoms with Crippen LogP contribution in [0.2, 0.25) is 0 Å². The molecule has 0 amide bonds. The lowest BCUT2D eigenvalue weighted by molar-refractivity contribution is 0.561. The zero-order valence-corrected chi connectivity index (χ0v) is 16.0. The molecule has 0 spiro atoms. The number of hydrogen-bond donors (Lipinski definition) is 1. The first-order valence-corrected chi connectivity index (χ1v) is 9.32. The van der Waals surface area contributed by atoms with Gasteiger partial charge in [0.05, 0.1) is 24.1 Å². The zero-order chi connectivity index (χ0) is 20.7. The van der Waals surface area contributed by atoms with Gasteiger partial charge in [-0.05, 0) is 48.4 Å². The van der Waals surface area contributed by atoms with Crippen LogP contribution in [0.15, 0.2) is 67.3 Å². The molecule has 0 unspecified atom stereocenters. The SMILES string of the molecule is C[C@H](c1ccc(F)cc1)n1cc(-c2cc(-c3ccn4nc(N)nc4c3)cnn2)cn1. The van der Waals surface area contributed by atoms with Crippen LogP contribution < -0.4 is 5.73 Å². The number of anilines is 1. The van der Waals surface area contributed by atoms with Crippen LogP contribution in [0.1, 0.15) is 18.5 Å². The van der Waals surface area contributed by atoms with Crippen molar-refractivity contribution in [2.45, 2.75) is 13.0 Å². The minimum atomic E-state index is -0.258. The average Bonchev–Trinajstić information content (AvgIpc) is 3.39. The summed E-state index contributed by atoms with van der Waals surface area (Å²) in [6.45, 7) is 2.01. The van der Waals surface area contributed by atoms with Crippen molar-refractivity contribution < 1.29 is 4.39 Å². The highest BCUT2D eigenvalue weighted by Crippen LogP contribution is 2.26. The Hall–Kier alpha value is -4.14. The summed E-state index contributed by atoms with van der Waals surface area (Å²) in [5, 5.41) is 16.9. The summed E-state index contributed by atoms with van der Waals surface area (Å²) in [6.07, 6.45) is 7.15. The van der Waals surface area contributed by atoms with Crippen LogP contribution in [-0.4, -0.2) is 34.6 Å². The van der Waals surface area contributed by atoms with Crippen LogP contribution in [-0.2, 0) is 0 Å². The Morgan fingerprint density at radius 2 is 1.83 bits per heavy atom. The van der Waals surface area contributed by atoms with Gasteiger partial charge in [0.15, 0.2) is 5.65 Å². The number of aromatic nitrogens is 7. The van der Waals surface area contributed by atoms with Gasteiger partial charge in [-0.1, -0.05) is 12.1 Å². The zero-order valence-electron chi connectivity index (χ0n) is 16.0. The molecule has 4 aromatic heterocycles. The smallest absolute Gasteiger partial charge is 0.240 e. The number of rotatable bonds is 4. The van der Waals surface area contributed by atoms with Crippen molar-refractivity contribution in [3.8, 4) is 22.4 Å². The van der Waals surface area contributed by atoms with E-state index in [1.165, 1.54) is 12.1 Å². The van der Waals surface area contributed by atoms with Crippen LogP contribution in [0.3, 0.4) is 0 Å². The minimum absolute atomic E-state index is 0.0451. The Kier molecular flexibility index (Phi) is 4.20. The first kappa shape index (κ1) is 17.9. The Bertz CT molecular complexity index is 1340. The fourth-order valence-corrected chi connectivity index (χ4v) is 3.32. The second-order valence-corrected chi connectivity index (χ2v) is 6.95. The van der Waals surface area contributed by atoms with Gasteiger partial charge in [-0.3, -0.25) is 4.68 Å². The van der Waals surface area contributed by atoms with E-state index in [4.69, 9.17) is 5.73 Å². The highest BCUT2D eigenvalue weighted by molar-refractivity contribution is 5.71. The van der Waals surface area contributed by atoms with Crippen molar-refractivity contribution >= 4 is 11.6 Å². The number of hydrogen-bond acceptors (Lipinski definition) is 6. The van der Waals surface area contributed by atoms with Crippen molar-refractivity contribution in [3.05, 3.63) is 78.6 Å². The van der Waals surface area contributed by atoms with Crippen LogP contribution in [0, 0.1) is 5.82 Å². The molecule has 2 N–H and O–H groups in total. The number of benzene rings is 1. The molecule has 30 heavy (non-hydrogen) atoms. The lowest BCUT2D eigenvalue weighted by atomic mass is 10.1. The second-order valence-electron chi connectivity index (χ2n) is 6.95. The molecular weight excluding hydrogens is 383 g/mol. The predicted octanol–water partition coefficient (Wildman–Crippen LogP) is 3.38. The molecule has 0 saturated heterocycles. The van der Waals surface area contributed by atoms with E-state index in [0.717, 1.165) is 22.3 Å². The largest absolute Gasteiger partial charge is 0.366 e. The molecule has 5 aromatic rings. The molecule has 0 fully saturated rings. The summed E-state index contributed by atoms with van der Waals surface area (Å²) in [7, 11) is 0. The fourth-order valence-electron chi connectivity index (χ4n) is 3.32. The van der Waals surface area contributed by atoms with Gasteiger partial charge in [-0.25, -0.2) is 8.91 Å². The molecule has 9 heteroatoms. The van der Waals surface area contributed by atoms with Crippen molar-refractivity contribution in [2.24, 2.45) is 0 Å². The molecule has 0 aliphatic rings. The van der Waals surface area contributed by atoms with E-state index in [2.05, 4.69) is 25.4 Å². The summed E-state index contributed by atoms with van der Waals surface area (Å²) in [5.41, 5.74) is 10.6. The number of pyridine rings is 1. The molecule has 0 radical (unpaired) electrons. The maximum absolute atomic E-state index is 13.2. The Morgan fingerprint density at radius 1 is 1.00 bits per heavy atom. The van der Waals surface area contributed by atoms with Crippen LogP contribution in [0.5, 0.6) is 0 Å². The third kappa shape index (κ3) is 3.26. The van der Waals surface area contributed by atoms with Crippen molar-refractivity contribution in [3.63, 3.8) is 0 Å². The van der Waals surface area contributed by atoms with Gasteiger partial charge in [0.2, 0.25) is 5.95 Å². The van der Waals surface area contributed by atoms with E-state index in [-0.39, 0.29) is 17.8 Å². The first-order valence-electron chi connectivity index (χ1n) is 9.32. The Morgan fingerprint density at radius 3 is 2.67 bits per heavy atom. The fraction of sp³-hybridized carbons (Fsp3) is 0.0952. The maximum Gasteiger partial charge on any atom is 0.240 e. The lowest BCUT2D eigenvalue weighted by Gasteiger charge is -2.12. The second kappa shape index (κ2) is 7.03. The molecule has 1 aromatic carbocycles. The Balaban J connectivity index is 1.46. The highest BCUT2D eigenvalue weighted by atomic mass is 19.1. The summed E-state index contributed by atoms with van der Waals surface area (Å²) in [5.74, 6) is -0.0328. The number of nitrogens with two attached hydrogens (primary N) is 1. The third-order valence-electron chi connectivity index (χ3n) is 4.99. The minimum Gasteiger partial charge on any atom is -0.366 e. The molecule has 8 nitrogen and oxygen atoms in total. The van der Waals surface area contributed by atoms with Gasteiger partial charge in [0, 0.05) is 23.5 Å². The normalized spacial score (nSPS) is 12.3. The van der Waals surface area contributed by atoms with E-state index >= 15 is 0 Å². The number of nitrogens with zero attached hydrogens (tertiary/aromatic N) is 7. The molecule has 5 rings (SSSR count). The van der Waals surface area contributed by atoms with Crippen LogP contribution >= 0.6 is 0 Å². The van der Waals surface area contributed by atoms with Crippen molar-refractivity contribution in [1.29, 1.82) is 0 Å². The van der Waals surface area contributed by atoms with Crippen molar-refractivity contribution in [2.75, 3.05) is 5.73 Å². The predicted molar refractivity (Wildman–Crippen MR) is 110 cm³/mol.